The minimum absolute atomic E-state index is 0.0575. The van der Waals surface area contributed by atoms with Crippen molar-refractivity contribution >= 4 is 11.6 Å². The van der Waals surface area contributed by atoms with Crippen LogP contribution in [0.2, 0.25) is 5.02 Å². The molecule has 0 radical (unpaired) electrons. The Labute approximate surface area is 116 Å². The van der Waals surface area contributed by atoms with E-state index < -0.39 is 0 Å². The van der Waals surface area contributed by atoms with Gasteiger partial charge in [0.2, 0.25) is 0 Å². The number of hydrogen-bond acceptors (Lipinski definition) is 2. The van der Waals surface area contributed by atoms with Gasteiger partial charge in [0.1, 0.15) is 0 Å². The fourth-order valence-electron chi connectivity index (χ4n) is 2.24. The fourth-order valence-corrected chi connectivity index (χ4v) is 2.49. The lowest BCUT2D eigenvalue weighted by atomic mass is 9.98. The van der Waals surface area contributed by atoms with Gasteiger partial charge in [0.25, 0.3) is 0 Å². The van der Waals surface area contributed by atoms with Crippen LogP contribution < -0.4 is 5.73 Å². The number of likely N-dealkylation sites (N-methyl/N-ethyl adjacent to an activating group) is 1. The van der Waals surface area contributed by atoms with Gasteiger partial charge in [-0.15, -0.1) is 0 Å². The first kappa shape index (κ1) is 15.5. The Kier molecular flexibility index (Phi) is 6.13. The van der Waals surface area contributed by atoms with Crippen molar-refractivity contribution in [2.75, 3.05) is 13.6 Å². The summed E-state index contributed by atoms with van der Waals surface area (Å²) in [6, 6.07) is 8.22. The maximum absolute atomic E-state index is 6.29. The fraction of sp³-hybridized carbons (Fsp3) is 0.600. The molecule has 0 aliphatic rings. The van der Waals surface area contributed by atoms with Crippen LogP contribution in [0.4, 0.5) is 0 Å². The number of benzene rings is 1. The van der Waals surface area contributed by atoms with Gasteiger partial charge in [-0.2, -0.15) is 0 Å². The van der Waals surface area contributed by atoms with E-state index in [9.17, 15) is 0 Å². The van der Waals surface area contributed by atoms with Crippen LogP contribution in [0.15, 0.2) is 24.3 Å². The standard InChI is InChI=1S/C15H25ClN2/c1-11(2)9-10-18(4)15(12(3)17)13-7-5-6-8-14(13)16/h5-8,11-12,15H,9-10,17H2,1-4H3. The van der Waals surface area contributed by atoms with E-state index in [1.54, 1.807) is 0 Å². The van der Waals surface area contributed by atoms with Gasteiger partial charge >= 0.3 is 0 Å². The molecular weight excluding hydrogens is 244 g/mol. The number of hydrogen-bond donors (Lipinski definition) is 1. The van der Waals surface area contributed by atoms with Gasteiger partial charge < -0.3 is 5.73 Å². The Morgan fingerprint density at radius 2 is 1.83 bits per heavy atom. The predicted octanol–water partition coefficient (Wildman–Crippen LogP) is 3.71. The van der Waals surface area contributed by atoms with E-state index in [4.69, 9.17) is 17.3 Å². The van der Waals surface area contributed by atoms with Crippen molar-refractivity contribution in [2.45, 2.75) is 39.3 Å². The van der Waals surface area contributed by atoms with Gasteiger partial charge in [-0.1, -0.05) is 43.6 Å². The Bertz CT molecular complexity index is 363. The Morgan fingerprint density at radius 1 is 1.22 bits per heavy atom. The normalized spacial score (nSPS) is 15.1. The maximum atomic E-state index is 6.29. The molecule has 2 atom stereocenters. The topological polar surface area (TPSA) is 29.3 Å². The van der Waals surface area contributed by atoms with Gasteiger partial charge in [0, 0.05) is 11.1 Å². The summed E-state index contributed by atoms with van der Waals surface area (Å²) in [5.41, 5.74) is 7.27. The first-order chi connectivity index (χ1) is 8.43. The van der Waals surface area contributed by atoms with Crippen LogP contribution in [0.1, 0.15) is 38.8 Å². The number of halogens is 1. The van der Waals surface area contributed by atoms with Gasteiger partial charge in [-0.3, -0.25) is 4.90 Å². The highest BCUT2D eigenvalue weighted by Gasteiger charge is 2.22. The maximum Gasteiger partial charge on any atom is 0.0508 e. The molecule has 0 saturated carbocycles. The van der Waals surface area contributed by atoms with E-state index in [2.05, 4.69) is 31.9 Å². The molecule has 1 aromatic carbocycles. The second-order valence-corrected chi connectivity index (χ2v) is 5.90. The van der Waals surface area contributed by atoms with Crippen LogP contribution >= 0.6 is 11.6 Å². The summed E-state index contributed by atoms with van der Waals surface area (Å²) < 4.78 is 0. The van der Waals surface area contributed by atoms with Crippen molar-refractivity contribution in [1.29, 1.82) is 0 Å². The number of nitrogens with zero attached hydrogens (tertiary/aromatic N) is 1. The molecule has 1 aromatic rings. The van der Waals surface area contributed by atoms with Gasteiger partial charge in [0.05, 0.1) is 6.04 Å². The van der Waals surface area contributed by atoms with E-state index in [0.717, 1.165) is 17.1 Å². The third-order valence-electron chi connectivity index (χ3n) is 3.26. The lowest BCUT2D eigenvalue weighted by Crippen LogP contribution is -2.38. The summed E-state index contributed by atoms with van der Waals surface area (Å²) in [4.78, 5) is 2.31. The molecule has 18 heavy (non-hydrogen) atoms. The molecule has 2 N–H and O–H groups in total. The summed E-state index contributed by atoms with van der Waals surface area (Å²) in [7, 11) is 2.12. The molecule has 0 aliphatic carbocycles. The summed E-state index contributed by atoms with van der Waals surface area (Å²) in [6.07, 6.45) is 1.17. The molecule has 2 unspecified atom stereocenters. The van der Waals surface area contributed by atoms with E-state index in [-0.39, 0.29) is 12.1 Å². The average molecular weight is 269 g/mol. The molecule has 0 bridgehead atoms. The highest BCUT2D eigenvalue weighted by atomic mass is 35.5. The van der Waals surface area contributed by atoms with Crippen LogP contribution in [0.25, 0.3) is 0 Å². The first-order valence-corrected chi connectivity index (χ1v) is 7.01. The molecule has 0 heterocycles. The molecule has 0 fully saturated rings. The minimum Gasteiger partial charge on any atom is -0.326 e. The molecule has 102 valence electrons. The van der Waals surface area contributed by atoms with E-state index in [0.29, 0.717) is 5.92 Å². The highest BCUT2D eigenvalue weighted by Crippen LogP contribution is 2.29. The van der Waals surface area contributed by atoms with Crippen molar-refractivity contribution in [1.82, 2.24) is 4.90 Å². The van der Waals surface area contributed by atoms with Crippen LogP contribution in [0, 0.1) is 5.92 Å². The summed E-state index contributed by atoms with van der Waals surface area (Å²) in [5.74, 6) is 0.701. The first-order valence-electron chi connectivity index (χ1n) is 6.63. The monoisotopic (exact) mass is 268 g/mol. The van der Waals surface area contributed by atoms with Crippen LogP contribution in [-0.2, 0) is 0 Å². The summed E-state index contributed by atoms with van der Waals surface area (Å²) >= 11 is 6.29. The van der Waals surface area contributed by atoms with Crippen molar-refractivity contribution in [3.63, 3.8) is 0 Å². The smallest absolute Gasteiger partial charge is 0.0508 e. The zero-order chi connectivity index (χ0) is 13.7. The van der Waals surface area contributed by atoms with Crippen molar-refractivity contribution in [2.24, 2.45) is 11.7 Å². The minimum atomic E-state index is 0.0575. The van der Waals surface area contributed by atoms with E-state index >= 15 is 0 Å². The highest BCUT2D eigenvalue weighted by molar-refractivity contribution is 6.31. The second-order valence-electron chi connectivity index (χ2n) is 5.49. The molecule has 2 nitrogen and oxygen atoms in total. The zero-order valence-electron chi connectivity index (χ0n) is 11.9. The van der Waals surface area contributed by atoms with Crippen molar-refractivity contribution in [3.05, 3.63) is 34.9 Å². The zero-order valence-corrected chi connectivity index (χ0v) is 12.6. The van der Waals surface area contributed by atoms with Crippen LogP contribution in [-0.4, -0.2) is 24.5 Å². The van der Waals surface area contributed by atoms with Crippen LogP contribution in [0.3, 0.4) is 0 Å². The largest absolute Gasteiger partial charge is 0.326 e. The Morgan fingerprint density at radius 3 is 2.33 bits per heavy atom. The third kappa shape index (κ3) is 4.27. The Hall–Kier alpha value is -0.570. The van der Waals surface area contributed by atoms with Crippen molar-refractivity contribution < 1.29 is 0 Å². The number of nitrogens with two attached hydrogens (primary N) is 1. The summed E-state index contributed by atoms with van der Waals surface area (Å²) in [5, 5.41) is 0.802. The van der Waals surface area contributed by atoms with Crippen LogP contribution in [0.5, 0.6) is 0 Å². The Balaban J connectivity index is 2.86. The van der Waals surface area contributed by atoms with E-state index in [1.165, 1.54) is 6.42 Å². The van der Waals surface area contributed by atoms with Crippen molar-refractivity contribution in [3.8, 4) is 0 Å². The molecule has 1 rings (SSSR count). The van der Waals surface area contributed by atoms with E-state index in [1.807, 2.05) is 25.1 Å². The van der Waals surface area contributed by atoms with Gasteiger partial charge in [-0.25, -0.2) is 0 Å². The molecule has 0 amide bonds. The lowest BCUT2D eigenvalue weighted by molar-refractivity contribution is 0.208. The number of rotatable bonds is 6. The molecular formula is C15H25ClN2. The summed E-state index contributed by atoms with van der Waals surface area (Å²) in [6.45, 7) is 7.56. The molecule has 0 saturated heterocycles. The third-order valence-corrected chi connectivity index (χ3v) is 3.60. The average Bonchev–Trinajstić information content (AvgIpc) is 2.29. The quantitative estimate of drug-likeness (QED) is 0.852. The van der Waals surface area contributed by atoms with Gasteiger partial charge in [-0.05, 0) is 44.5 Å². The lowest BCUT2D eigenvalue weighted by Gasteiger charge is -2.32. The van der Waals surface area contributed by atoms with Gasteiger partial charge in [0.15, 0.2) is 0 Å². The SMILES string of the molecule is CC(C)CCN(C)C(c1ccccc1Cl)C(C)N. The molecule has 0 aromatic heterocycles. The molecule has 0 spiro atoms. The second kappa shape index (κ2) is 7.13. The predicted molar refractivity (Wildman–Crippen MR) is 79.9 cm³/mol. The molecule has 3 heteroatoms. The molecule has 0 aliphatic heterocycles.